The molecular formula is C5H12ClNO2. The molecule has 0 radical (unpaired) electrons. The first-order valence-electron chi connectivity index (χ1n) is 2.82. The van der Waals surface area contributed by atoms with Crippen LogP contribution in [0, 0.1) is 0 Å². The Hall–Kier alpha value is 0.170. The van der Waals surface area contributed by atoms with Crippen molar-refractivity contribution >= 4 is 12.4 Å². The summed E-state index contributed by atoms with van der Waals surface area (Å²) in [5.74, 6) is 0. The molecule has 0 amide bonds. The SMILES string of the molecule is Cl.NC1CC(O)C(O)C1. The van der Waals surface area contributed by atoms with Crippen LogP contribution in [0.5, 0.6) is 0 Å². The van der Waals surface area contributed by atoms with E-state index in [0.29, 0.717) is 12.8 Å². The van der Waals surface area contributed by atoms with Crippen LogP contribution in [0.15, 0.2) is 0 Å². The normalized spacial score (nSPS) is 42.3. The Morgan fingerprint density at radius 1 is 1.11 bits per heavy atom. The van der Waals surface area contributed by atoms with Gasteiger partial charge in [-0.1, -0.05) is 0 Å². The van der Waals surface area contributed by atoms with E-state index in [4.69, 9.17) is 15.9 Å². The maximum absolute atomic E-state index is 8.84. The van der Waals surface area contributed by atoms with Crippen LogP contribution in [0.4, 0.5) is 0 Å². The van der Waals surface area contributed by atoms with Crippen molar-refractivity contribution < 1.29 is 10.2 Å². The average molecular weight is 154 g/mol. The fourth-order valence-electron chi connectivity index (χ4n) is 1.03. The molecule has 1 saturated carbocycles. The summed E-state index contributed by atoms with van der Waals surface area (Å²) in [7, 11) is 0. The first kappa shape index (κ1) is 9.17. The Bertz CT molecular complexity index is 81.0. The molecule has 2 atom stereocenters. The van der Waals surface area contributed by atoms with Gasteiger partial charge in [0, 0.05) is 6.04 Å². The highest BCUT2D eigenvalue weighted by Crippen LogP contribution is 2.17. The van der Waals surface area contributed by atoms with Crippen molar-refractivity contribution in [2.24, 2.45) is 5.73 Å². The number of aliphatic hydroxyl groups is 2. The van der Waals surface area contributed by atoms with Gasteiger partial charge < -0.3 is 15.9 Å². The molecule has 0 saturated heterocycles. The summed E-state index contributed by atoms with van der Waals surface area (Å²) in [6.45, 7) is 0. The maximum atomic E-state index is 8.84. The number of hydrogen-bond donors (Lipinski definition) is 3. The second kappa shape index (κ2) is 3.37. The molecule has 9 heavy (non-hydrogen) atoms. The van der Waals surface area contributed by atoms with Gasteiger partial charge in [0.25, 0.3) is 0 Å². The van der Waals surface area contributed by atoms with E-state index in [2.05, 4.69) is 0 Å². The van der Waals surface area contributed by atoms with Gasteiger partial charge in [0.15, 0.2) is 0 Å². The van der Waals surface area contributed by atoms with Gasteiger partial charge in [0.05, 0.1) is 12.2 Å². The predicted molar refractivity (Wildman–Crippen MR) is 36.5 cm³/mol. The van der Waals surface area contributed by atoms with Crippen molar-refractivity contribution in [2.75, 3.05) is 0 Å². The average Bonchev–Trinajstić information content (AvgIpc) is 1.85. The summed E-state index contributed by atoms with van der Waals surface area (Å²) in [6.07, 6.45) is -0.0718. The molecule has 4 heteroatoms. The highest BCUT2D eigenvalue weighted by molar-refractivity contribution is 5.85. The second-order valence-corrected chi connectivity index (χ2v) is 2.37. The number of aliphatic hydroxyl groups excluding tert-OH is 2. The van der Waals surface area contributed by atoms with Crippen LogP contribution in [0.3, 0.4) is 0 Å². The van der Waals surface area contributed by atoms with Crippen LogP contribution >= 0.6 is 12.4 Å². The quantitative estimate of drug-likeness (QED) is 0.429. The van der Waals surface area contributed by atoms with E-state index in [1.54, 1.807) is 0 Å². The third-order valence-electron chi connectivity index (χ3n) is 1.53. The molecule has 4 N–H and O–H groups in total. The van der Waals surface area contributed by atoms with Crippen LogP contribution in [0.1, 0.15) is 12.8 Å². The molecule has 3 nitrogen and oxygen atoms in total. The molecular weight excluding hydrogens is 142 g/mol. The molecule has 0 aromatic carbocycles. The lowest BCUT2D eigenvalue weighted by molar-refractivity contribution is 0.0438. The van der Waals surface area contributed by atoms with Crippen LogP contribution in [0.2, 0.25) is 0 Å². The molecule has 1 rings (SSSR count). The number of hydrogen-bond acceptors (Lipinski definition) is 3. The Kier molecular flexibility index (Phi) is 3.43. The molecule has 1 fully saturated rings. The van der Waals surface area contributed by atoms with Crippen LogP contribution < -0.4 is 5.73 Å². The summed E-state index contributed by atoms with van der Waals surface area (Å²) in [5.41, 5.74) is 5.40. The minimum absolute atomic E-state index is 0. The fraction of sp³-hybridized carbons (Fsp3) is 1.00. The van der Waals surface area contributed by atoms with E-state index < -0.39 is 12.2 Å². The van der Waals surface area contributed by atoms with Gasteiger partial charge in [-0.15, -0.1) is 12.4 Å². The lowest BCUT2D eigenvalue weighted by Crippen LogP contribution is -2.17. The van der Waals surface area contributed by atoms with Crippen molar-refractivity contribution in [3.63, 3.8) is 0 Å². The first-order chi connectivity index (χ1) is 3.70. The van der Waals surface area contributed by atoms with E-state index in [0.717, 1.165) is 0 Å². The van der Waals surface area contributed by atoms with Crippen molar-refractivity contribution in [3.05, 3.63) is 0 Å². The van der Waals surface area contributed by atoms with Crippen LogP contribution in [-0.2, 0) is 0 Å². The van der Waals surface area contributed by atoms with E-state index >= 15 is 0 Å². The highest BCUT2D eigenvalue weighted by Gasteiger charge is 2.28. The number of halogens is 1. The largest absolute Gasteiger partial charge is 0.390 e. The molecule has 0 spiro atoms. The van der Waals surface area contributed by atoms with Gasteiger partial charge in [-0.2, -0.15) is 0 Å². The van der Waals surface area contributed by atoms with Gasteiger partial charge >= 0.3 is 0 Å². The monoisotopic (exact) mass is 153 g/mol. The molecule has 56 valence electrons. The fourth-order valence-corrected chi connectivity index (χ4v) is 1.03. The number of rotatable bonds is 0. The molecule has 0 bridgehead atoms. The van der Waals surface area contributed by atoms with Crippen molar-refractivity contribution in [1.29, 1.82) is 0 Å². The van der Waals surface area contributed by atoms with Crippen molar-refractivity contribution in [2.45, 2.75) is 31.1 Å². The zero-order valence-electron chi connectivity index (χ0n) is 5.03. The van der Waals surface area contributed by atoms with Gasteiger partial charge in [-0.25, -0.2) is 0 Å². The predicted octanol–water partition coefficient (Wildman–Crippen LogP) is -0.749. The summed E-state index contributed by atoms with van der Waals surface area (Å²) >= 11 is 0. The molecule has 0 aromatic rings. The van der Waals surface area contributed by atoms with E-state index in [1.807, 2.05) is 0 Å². The Balaban J connectivity index is 0.000000640. The summed E-state index contributed by atoms with van der Waals surface area (Å²) in [5, 5.41) is 17.7. The topological polar surface area (TPSA) is 66.5 Å². The van der Waals surface area contributed by atoms with Gasteiger partial charge in [0.1, 0.15) is 0 Å². The summed E-state index contributed by atoms with van der Waals surface area (Å²) in [6, 6.07) is -0.000000000000000444. The Morgan fingerprint density at radius 3 is 1.56 bits per heavy atom. The Labute approximate surface area is 60.3 Å². The highest BCUT2D eigenvalue weighted by atomic mass is 35.5. The molecule has 2 unspecified atom stereocenters. The smallest absolute Gasteiger partial charge is 0.0814 e. The number of nitrogens with two attached hydrogens (primary N) is 1. The van der Waals surface area contributed by atoms with Gasteiger partial charge in [-0.05, 0) is 12.8 Å². The molecule has 1 aliphatic carbocycles. The minimum Gasteiger partial charge on any atom is -0.390 e. The van der Waals surface area contributed by atoms with Crippen molar-refractivity contribution in [1.82, 2.24) is 0 Å². The molecule has 0 aromatic heterocycles. The van der Waals surface area contributed by atoms with Crippen molar-refractivity contribution in [3.8, 4) is 0 Å². The van der Waals surface area contributed by atoms with Gasteiger partial charge in [0.2, 0.25) is 0 Å². The van der Waals surface area contributed by atoms with Crippen LogP contribution in [0.25, 0.3) is 0 Å². The minimum atomic E-state index is -0.579. The standard InChI is InChI=1S/C5H11NO2.ClH/c6-3-1-4(7)5(8)2-3;/h3-5,7-8H,1-2,6H2;1H. The van der Waals surface area contributed by atoms with E-state index in [-0.39, 0.29) is 18.4 Å². The lowest BCUT2D eigenvalue weighted by Gasteiger charge is -2.02. The molecule has 1 aliphatic rings. The van der Waals surface area contributed by atoms with Gasteiger partial charge in [-0.3, -0.25) is 0 Å². The third-order valence-corrected chi connectivity index (χ3v) is 1.53. The maximum Gasteiger partial charge on any atom is 0.0814 e. The van der Waals surface area contributed by atoms with Crippen LogP contribution in [-0.4, -0.2) is 28.5 Å². The first-order valence-corrected chi connectivity index (χ1v) is 2.82. The van der Waals surface area contributed by atoms with E-state index in [1.165, 1.54) is 0 Å². The molecule has 0 aliphatic heterocycles. The lowest BCUT2D eigenvalue weighted by atomic mass is 10.3. The third kappa shape index (κ3) is 2.10. The molecule has 0 heterocycles. The Morgan fingerprint density at radius 2 is 1.44 bits per heavy atom. The van der Waals surface area contributed by atoms with E-state index in [9.17, 15) is 0 Å². The summed E-state index contributed by atoms with van der Waals surface area (Å²) in [4.78, 5) is 0. The zero-order valence-corrected chi connectivity index (χ0v) is 5.84. The summed E-state index contributed by atoms with van der Waals surface area (Å²) < 4.78 is 0. The second-order valence-electron chi connectivity index (χ2n) is 2.37. The zero-order chi connectivity index (χ0) is 6.15.